The fourth-order valence-electron chi connectivity index (χ4n) is 2.50. The van der Waals surface area contributed by atoms with E-state index in [0.717, 1.165) is 25.7 Å². The molecule has 0 aromatic carbocycles. The lowest BCUT2D eigenvalue weighted by Crippen LogP contribution is -2.45. The van der Waals surface area contributed by atoms with Crippen molar-refractivity contribution in [3.63, 3.8) is 0 Å². The third kappa shape index (κ3) is 4.29. The number of carbonyl (C=O) groups excluding carboxylic acids is 2. The van der Waals surface area contributed by atoms with Crippen molar-refractivity contribution in [3.05, 3.63) is 0 Å². The highest BCUT2D eigenvalue weighted by molar-refractivity contribution is 5.85. The van der Waals surface area contributed by atoms with Crippen LogP contribution in [0.5, 0.6) is 0 Å². The number of rotatable bonds is 6. The van der Waals surface area contributed by atoms with Crippen LogP contribution in [0.4, 0.5) is 0 Å². The molecule has 0 spiro atoms. The van der Waals surface area contributed by atoms with Gasteiger partial charge in [0.05, 0.1) is 6.54 Å². The predicted octanol–water partition coefficient (Wildman–Crippen LogP) is 0.633. The van der Waals surface area contributed by atoms with Crippen LogP contribution in [0.1, 0.15) is 46.0 Å². The van der Waals surface area contributed by atoms with Crippen LogP contribution < -0.4 is 11.1 Å². The summed E-state index contributed by atoms with van der Waals surface area (Å²) in [5.74, 6) is -0.147. The summed E-state index contributed by atoms with van der Waals surface area (Å²) in [6, 6.07) is 0. The highest BCUT2D eigenvalue weighted by Gasteiger charge is 2.31. The van der Waals surface area contributed by atoms with Crippen molar-refractivity contribution in [1.29, 1.82) is 0 Å². The summed E-state index contributed by atoms with van der Waals surface area (Å²) in [5.41, 5.74) is 5.78. The highest BCUT2D eigenvalue weighted by Crippen LogP contribution is 2.29. The first-order valence-corrected chi connectivity index (χ1v) is 6.84. The van der Waals surface area contributed by atoms with E-state index in [0.29, 0.717) is 19.5 Å². The summed E-state index contributed by atoms with van der Waals surface area (Å²) in [6.07, 6.45) is 4.34. The van der Waals surface area contributed by atoms with Crippen LogP contribution in [-0.2, 0) is 9.59 Å². The molecule has 2 amide bonds. The van der Waals surface area contributed by atoms with Crippen molar-refractivity contribution >= 4 is 11.8 Å². The Balaban J connectivity index is 2.30. The second-order valence-corrected chi connectivity index (χ2v) is 5.09. The number of likely N-dealkylation sites (N-methyl/N-ethyl adjacent to an activating group) is 1. The summed E-state index contributed by atoms with van der Waals surface area (Å²) in [6.45, 7) is 5.28. The Hall–Kier alpha value is -1.10. The number of amides is 2. The third-order valence-electron chi connectivity index (χ3n) is 3.66. The molecule has 104 valence electrons. The number of nitrogens with zero attached hydrogens (tertiary/aromatic N) is 1. The van der Waals surface area contributed by atoms with Gasteiger partial charge in [0.1, 0.15) is 0 Å². The molecule has 1 fully saturated rings. The molecule has 1 aliphatic rings. The second kappa shape index (κ2) is 6.73. The molecule has 0 unspecified atom stereocenters. The van der Waals surface area contributed by atoms with Gasteiger partial charge in [-0.05, 0) is 26.7 Å². The zero-order valence-corrected chi connectivity index (χ0v) is 11.5. The zero-order chi connectivity index (χ0) is 13.6. The fraction of sp³-hybridized carbons (Fsp3) is 0.846. The van der Waals surface area contributed by atoms with Crippen LogP contribution in [0, 0.1) is 0 Å². The van der Waals surface area contributed by atoms with E-state index in [2.05, 4.69) is 5.32 Å². The Morgan fingerprint density at radius 1 is 1.22 bits per heavy atom. The van der Waals surface area contributed by atoms with E-state index in [1.165, 1.54) is 0 Å². The van der Waals surface area contributed by atoms with Gasteiger partial charge < -0.3 is 16.0 Å². The van der Waals surface area contributed by atoms with Gasteiger partial charge in [0.25, 0.3) is 0 Å². The van der Waals surface area contributed by atoms with Gasteiger partial charge >= 0.3 is 0 Å². The van der Waals surface area contributed by atoms with E-state index in [-0.39, 0.29) is 23.9 Å². The summed E-state index contributed by atoms with van der Waals surface area (Å²) >= 11 is 0. The molecule has 0 aromatic heterocycles. The van der Waals surface area contributed by atoms with E-state index in [4.69, 9.17) is 5.73 Å². The maximum atomic E-state index is 11.7. The molecule has 5 heteroatoms. The fourth-order valence-corrected chi connectivity index (χ4v) is 2.50. The first-order chi connectivity index (χ1) is 8.50. The smallest absolute Gasteiger partial charge is 0.241 e. The standard InChI is InChI=1S/C13H25N3O2/c1-3-16(4-2)12(18)10-15-11(17)9-13(14)7-5-6-8-13/h3-10,14H2,1-2H3,(H,15,17). The first-order valence-electron chi connectivity index (χ1n) is 6.84. The maximum absolute atomic E-state index is 11.7. The minimum atomic E-state index is -0.345. The summed E-state index contributed by atoms with van der Waals surface area (Å²) in [7, 11) is 0. The van der Waals surface area contributed by atoms with Crippen LogP contribution >= 0.6 is 0 Å². The number of carbonyl (C=O) groups is 2. The quantitative estimate of drug-likeness (QED) is 0.731. The van der Waals surface area contributed by atoms with E-state index < -0.39 is 0 Å². The second-order valence-electron chi connectivity index (χ2n) is 5.09. The molecule has 1 aliphatic carbocycles. The third-order valence-corrected chi connectivity index (χ3v) is 3.66. The minimum Gasteiger partial charge on any atom is -0.347 e. The molecular weight excluding hydrogens is 230 g/mol. The summed E-state index contributed by atoms with van der Waals surface area (Å²) in [5, 5.41) is 2.67. The van der Waals surface area contributed by atoms with Crippen molar-refractivity contribution in [2.45, 2.75) is 51.5 Å². The van der Waals surface area contributed by atoms with Crippen molar-refractivity contribution in [1.82, 2.24) is 10.2 Å². The number of hydrogen-bond acceptors (Lipinski definition) is 3. The average molecular weight is 255 g/mol. The normalized spacial score (nSPS) is 17.5. The van der Waals surface area contributed by atoms with Crippen LogP contribution in [0.3, 0.4) is 0 Å². The maximum Gasteiger partial charge on any atom is 0.241 e. The van der Waals surface area contributed by atoms with E-state index in [1.807, 2.05) is 13.8 Å². The Morgan fingerprint density at radius 3 is 2.28 bits per heavy atom. The lowest BCUT2D eigenvalue weighted by molar-refractivity contribution is -0.132. The largest absolute Gasteiger partial charge is 0.347 e. The van der Waals surface area contributed by atoms with Gasteiger partial charge in [0.2, 0.25) is 11.8 Å². The number of nitrogens with one attached hydrogen (secondary N) is 1. The summed E-state index contributed by atoms with van der Waals surface area (Å²) in [4.78, 5) is 25.2. The van der Waals surface area contributed by atoms with Gasteiger partial charge in [-0.1, -0.05) is 12.8 Å². The van der Waals surface area contributed by atoms with E-state index >= 15 is 0 Å². The topological polar surface area (TPSA) is 75.4 Å². The van der Waals surface area contributed by atoms with Crippen molar-refractivity contribution in [2.24, 2.45) is 5.73 Å². The van der Waals surface area contributed by atoms with Crippen LogP contribution in [0.25, 0.3) is 0 Å². The molecule has 1 saturated carbocycles. The van der Waals surface area contributed by atoms with E-state index in [1.54, 1.807) is 4.90 Å². The molecule has 0 saturated heterocycles. The summed E-state index contributed by atoms with van der Waals surface area (Å²) < 4.78 is 0. The van der Waals surface area contributed by atoms with Gasteiger partial charge in [-0.15, -0.1) is 0 Å². The minimum absolute atomic E-state index is 0.0363. The predicted molar refractivity (Wildman–Crippen MR) is 70.9 cm³/mol. The monoisotopic (exact) mass is 255 g/mol. The molecule has 1 rings (SSSR count). The van der Waals surface area contributed by atoms with Gasteiger partial charge in [0, 0.05) is 25.0 Å². The Bertz CT molecular complexity index is 295. The van der Waals surface area contributed by atoms with Crippen LogP contribution in [0.15, 0.2) is 0 Å². The van der Waals surface area contributed by atoms with Gasteiger partial charge in [-0.2, -0.15) is 0 Å². The van der Waals surface area contributed by atoms with Crippen LogP contribution in [-0.4, -0.2) is 41.9 Å². The van der Waals surface area contributed by atoms with Crippen molar-refractivity contribution < 1.29 is 9.59 Å². The zero-order valence-electron chi connectivity index (χ0n) is 11.5. The molecular formula is C13H25N3O2. The lowest BCUT2D eigenvalue weighted by atomic mass is 9.94. The molecule has 0 heterocycles. The molecule has 3 N–H and O–H groups in total. The van der Waals surface area contributed by atoms with Gasteiger partial charge in [-0.25, -0.2) is 0 Å². The number of nitrogens with two attached hydrogens (primary N) is 1. The van der Waals surface area contributed by atoms with Crippen molar-refractivity contribution in [3.8, 4) is 0 Å². The average Bonchev–Trinajstić information content (AvgIpc) is 2.74. The molecule has 0 radical (unpaired) electrons. The van der Waals surface area contributed by atoms with Gasteiger partial charge in [0.15, 0.2) is 0 Å². The molecule has 18 heavy (non-hydrogen) atoms. The molecule has 0 aliphatic heterocycles. The Morgan fingerprint density at radius 2 is 1.78 bits per heavy atom. The molecule has 0 bridgehead atoms. The van der Waals surface area contributed by atoms with Crippen LogP contribution in [0.2, 0.25) is 0 Å². The van der Waals surface area contributed by atoms with Crippen molar-refractivity contribution in [2.75, 3.05) is 19.6 Å². The number of hydrogen-bond donors (Lipinski definition) is 2. The highest BCUT2D eigenvalue weighted by atomic mass is 16.2. The Kier molecular flexibility index (Phi) is 5.59. The van der Waals surface area contributed by atoms with E-state index in [9.17, 15) is 9.59 Å². The first kappa shape index (κ1) is 15.0. The van der Waals surface area contributed by atoms with Gasteiger partial charge in [-0.3, -0.25) is 9.59 Å². The molecule has 0 atom stereocenters. The Labute approximate surface area is 109 Å². The SMILES string of the molecule is CCN(CC)C(=O)CNC(=O)CC1(N)CCCC1. The lowest BCUT2D eigenvalue weighted by Gasteiger charge is -2.23. The molecule has 5 nitrogen and oxygen atoms in total. The molecule has 0 aromatic rings.